The van der Waals surface area contributed by atoms with Gasteiger partial charge in [-0.3, -0.25) is 4.79 Å². The predicted octanol–water partition coefficient (Wildman–Crippen LogP) is 1.87. The van der Waals surface area contributed by atoms with Crippen LogP contribution in [0.2, 0.25) is 0 Å². The zero-order chi connectivity index (χ0) is 13.9. The number of morpholine rings is 1. The molecule has 1 saturated heterocycles. The van der Waals surface area contributed by atoms with Gasteiger partial charge in [0.1, 0.15) is 0 Å². The van der Waals surface area contributed by atoms with E-state index in [-0.39, 0.29) is 12.0 Å². The summed E-state index contributed by atoms with van der Waals surface area (Å²) in [7, 11) is 0. The van der Waals surface area contributed by atoms with E-state index in [9.17, 15) is 4.79 Å². The second-order valence-electron chi connectivity index (χ2n) is 5.78. The monoisotopic (exact) mass is 274 g/mol. The van der Waals surface area contributed by atoms with E-state index < -0.39 is 0 Å². The van der Waals surface area contributed by atoms with E-state index in [0.717, 1.165) is 19.4 Å². The number of nitrogens with one attached hydrogen (secondary N) is 1. The fourth-order valence-electron chi connectivity index (χ4n) is 2.71. The molecule has 0 spiro atoms. The van der Waals surface area contributed by atoms with Gasteiger partial charge in [0, 0.05) is 18.3 Å². The number of carbonyl (C=O) groups is 1. The van der Waals surface area contributed by atoms with Gasteiger partial charge in [0.05, 0.1) is 13.2 Å². The smallest absolute Gasteiger partial charge is 0.251 e. The number of nitrogens with zero attached hydrogens (tertiary/aromatic N) is 1. The second kappa shape index (κ2) is 5.83. The molecule has 1 atom stereocenters. The molecule has 1 N–H and O–H groups in total. The van der Waals surface area contributed by atoms with Gasteiger partial charge in [0.25, 0.3) is 5.91 Å². The van der Waals surface area contributed by atoms with Crippen molar-refractivity contribution in [2.75, 3.05) is 24.6 Å². The Bertz CT molecular complexity index is 485. The van der Waals surface area contributed by atoms with E-state index in [1.807, 2.05) is 0 Å². The molecule has 108 valence electrons. The van der Waals surface area contributed by atoms with E-state index in [1.165, 1.54) is 17.7 Å². The van der Waals surface area contributed by atoms with Gasteiger partial charge in [-0.2, -0.15) is 0 Å². The van der Waals surface area contributed by atoms with Crippen molar-refractivity contribution in [3.63, 3.8) is 0 Å². The molecule has 3 rings (SSSR count). The standard InChI is InChI=1S/C16H22N2O2/c1-12-4-2-7-14(10-12)18-8-9-20-15(11-18)16(19)17-13-5-3-6-13/h2,4,7,10,13,15H,3,5-6,8-9,11H2,1H3,(H,17,19)/t15-/m0/s1. The lowest BCUT2D eigenvalue weighted by molar-refractivity contribution is -0.134. The topological polar surface area (TPSA) is 41.6 Å². The average Bonchev–Trinajstić information content (AvgIpc) is 2.43. The molecular weight excluding hydrogens is 252 g/mol. The van der Waals surface area contributed by atoms with Crippen LogP contribution in [0.5, 0.6) is 0 Å². The molecule has 1 heterocycles. The normalized spacial score (nSPS) is 23.2. The number of benzene rings is 1. The van der Waals surface area contributed by atoms with Crippen LogP contribution in [0.15, 0.2) is 24.3 Å². The Morgan fingerprint density at radius 1 is 1.40 bits per heavy atom. The highest BCUT2D eigenvalue weighted by Gasteiger charge is 2.29. The van der Waals surface area contributed by atoms with Gasteiger partial charge < -0.3 is 15.0 Å². The van der Waals surface area contributed by atoms with Crippen LogP contribution in [-0.4, -0.2) is 37.7 Å². The zero-order valence-electron chi connectivity index (χ0n) is 12.0. The highest BCUT2D eigenvalue weighted by atomic mass is 16.5. The molecule has 1 amide bonds. The van der Waals surface area contributed by atoms with Gasteiger partial charge >= 0.3 is 0 Å². The number of ether oxygens (including phenoxy) is 1. The number of aryl methyl sites for hydroxylation is 1. The number of hydrogen-bond acceptors (Lipinski definition) is 3. The summed E-state index contributed by atoms with van der Waals surface area (Å²) in [5, 5.41) is 3.08. The first kappa shape index (κ1) is 13.4. The Kier molecular flexibility index (Phi) is 3.92. The summed E-state index contributed by atoms with van der Waals surface area (Å²) in [6.07, 6.45) is 3.11. The lowest BCUT2D eigenvalue weighted by Crippen LogP contribution is -2.53. The summed E-state index contributed by atoms with van der Waals surface area (Å²) in [5.74, 6) is 0.0482. The minimum atomic E-state index is -0.343. The number of carbonyl (C=O) groups excluding carboxylic acids is 1. The summed E-state index contributed by atoms with van der Waals surface area (Å²) < 4.78 is 5.64. The van der Waals surface area contributed by atoms with E-state index in [2.05, 4.69) is 41.4 Å². The quantitative estimate of drug-likeness (QED) is 0.915. The molecule has 1 saturated carbocycles. The zero-order valence-corrected chi connectivity index (χ0v) is 12.0. The molecule has 0 bridgehead atoms. The van der Waals surface area contributed by atoms with Crippen LogP contribution in [0.25, 0.3) is 0 Å². The van der Waals surface area contributed by atoms with Crippen LogP contribution >= 0.6 is 0 Å². The molecular formula is C16H22N2O2. The average molecular weight is 274 g/mol. The third kappa shape index (κ3) is 2.96. The third-order valence-corrected chi connectivity index (χ3v) is 4.18. The van der Waals surface area contributed by atoms with Crippen molar-refractivity contribution < 1.29 is 9.53 Å². The summed E-state index contributed by atoms with van der Waals surface area (Å²) in [5.41, 5.74) is 2.42. The van der Waals surface area contributed by atoms with Crippen LogP contribution in [0, 0.1) is 6.92 Å². The molecule has 0 unspecified atom stereocenters. The van der Waals surface area contributed by atoms with Crippen molar-refractivity contribution in [3.05, 3.63) is 29.8 Å². The first-order valence-corrected chi connectivity index (χ1v) is 7.46. The second-order valence-corrected chi connectivity index (χ2v) is 5.78. The molecule has 4 heteroatoms. The SMILES string of the molecule is Cc1cccc(N2CCO[C@H](C(=O)NC3CCC3)C2)c1. The Morgan fingerprint density at radius 3 is 2.95 bits per heavy atom. The first-order chi connectivity index (χ1) is 9.72. The molecule has 2 aliphatic rings. The van der Waals surface area contributed by atoms with Crippen LogP contribution in [0.1, 0.15) is 24.8 Å². The van der Waals surface area contributed by atoms with Crippen molar-refractivity contribution in [1.29, 1.82) is 0 Å². The maximum atomic E-state index is 12.2. The van der Waals surface area contributed by atoms with E-state index in [1.54, 1.807) is 0 Å². The van der Waals surface area contributed by atoms with Gasteiger partial charge in [-0.05, 0) is 43.9 Å². The Hall–Kier alpha value is -1.55. The number of rotatable bonds is 3. The van der Waals surface area contributed by atoms with Crippen LogP contribution < -0.4 is 10.2 Å². The third-order valence-electron chi connectivity index (χ3n) is 4.18. The fourth-order valence-corrected chi connectivity index (χ4v) is 2.71. The number of amides is 1. The van der Waals surface area contributed by atoms with Crippen molar-refractivity contribution in [2.24, 2.45) is 0 Å². The van der Waals surface area contributed by atoms with E-state index >= 15 is 0 Å². The van der Waals surface area contributed by atoms with Crippen LogP contribution in [0.4, 0.5) is 5.69 Å². The maximum Gasteiger partial charge on any atom is 0.251 e. The minimum absolute atomic E-state index is 0.0482. The maximum absolute atomic E-state index is 12.2. The van der Waals surface area contributed by atoms with Gasteiger partial charge in [0.15, 0.2) is 6.10 Å². The van der Waals surface area contributed by atoms with Crippen LogP contribution in [0.3, 0.4) is 0 Å². The molecule has 20 heavy (non-hydrogen) atoms. The van der Waals surface area contributed by atoms with Crippen molar-refractivity contribution in [3.8, 4) is 0 Å². The highest BCUT2D eigenvalue weighted by molar-refractivity contribution is 5.82. The van der Waals surface area contributed by atoms with E-state index in [4.69, 9.17) is 4.74 Å². The minimum Gasteiger partial charge on any atom is -0.366 e. The lowest BCUT2D eigenvalue weighted by Gasteiger charge is -2.35. The first-order valence-electron chi connectivity index (χ1n) is 7.46. The van der Waals surface area contributed by atoms with Crippen molar-refractivity contribution in [1.82, 2.24) is 5.32 Å². The summed E-state index contributed by atoms with van der Waals surface area (Å²) in [6, 6.07) is 8.78. The predicted molar refractivity (Wildman–Crippen MR) is 78.9 cm³/mol. The Balaban J connectivity index is 1.62. The van der Waals surface area contributed by atoms with Crippen molar-refractivity contribution >= 4 is 11.6 Å². The molecule has 1 aromatic rings. The molecule has 4 nitrogen and oxygen atoms in total. The van der Waals surface area contributed by atoms with E-state index in [0.29, 0.717) is 19.2 Å². The van der Waals surface area contributed by atoms with Gasteiger partial charge in [-0.1, -0.05) is 12.1 Å². The van der Waals surface area contributed by atoms with Gasteiger partial charge in [0.2, 0.25) is 0 Å². The molecule has 1 aromatic carbocycles. The largest absolute Gasteiger partial charge is 0.366 e. The number of hydrogen-bond donors (Lipinski definition) is 1. The molecule has 1 aliphatic carbocycles. The summed E-state index contributed by atoms with van der Waals surface area (Å²) >= 11 is 0. The molecule has 0 aromatic heterocycles. The van der Waals surface area contributed by atoms with Gasteiger partial charge in [-0.25, -0.2) is 0 Å². The lowest BCUT2D eigenvalue weighted by atomic mass is 9.93. The highest BCUT2D eigenvalue weighted by Crippen LogP contribution is 2.21. The van der Waals surface area contributed by atoms with Crippen LogP contribution in [-0.2, 0) is 9.53 Å². The molecule has 0 radical (unpaired) electrons. The van der Waals surface area contributed by atoms with Gasteiger partial charge in [-0.15, -0.1) is 0 Å². The Labute approximate surface area is 120 Å². The number of anilines is 1. The molecule has 2 fully saturated rings. The molecule has 1 aliphatic heterocycles. The Morgan fingerprint density at radius 2 is 2.25 bits per heavy atom. The summed E-state index contributed by atoms with van der Waals surface area (Å²) in [6.45, 7) is 4.18. The van der Waals surface area contributed by atoms with Crippen molar-refractivity contribution in [2.45, 2.75) is 38.3 Å². The fraction of sp³-hybridized carbons (Fsp3) is 0.562. The summed E-state index contributed by atoms with van der Waals surface area (Å²) in [4.78, 5) is 14.4.